The van der Waals surface area contributed by atoms with Gasteiger partial charge in [-0.1, -0.05) is 42.5 Å². The highest BCUT2D eigenvalue weighted by molar-refractivity contribution is 5.96. The number of alkyl halides is 3. The Morgan fingerprint density at radius 3 is 2.20 bits per heavy atom. The molecule has 100 valence electrons. The molecule has 1 heterocycles. The number of aromatic nitrogens is 1. The average molecular weight is 273 g/mol. The van der Waals surface area contributed by atoms with Crippen LogP contribution in [-0.4, -0.2) is 4.98 Å². The number of halogens is 3. The van der Waals surface area contributed by atoms with Crippen LogP contribution < -0.4 is 0 Å². The van der Waals surface area contributed by atoms with Crippen LogP contribution in [0.4, 0.5) is 13.2 Å². The maximum absolute atomic E-state index is 13.0. The normalized spacial score (nSPS) is 11.8. The second-order valence-corrected chi connectivity index (χ2v) is 4.42. The third kappa shape index (κ3) is 2.13. The van der Waals surface area contributed by atoms with E-state index in [9.17, 15) is 13.2 Å². The topological polar surface area (TPSA) is 12.9 Å². The van der Waals surface area contributed by atoms with Gasteiger partial charge in [-0.15, -0.1) is 0 Å². The van der Waals surface area contributed by atoms with Crippen molar-refractivity contribution >= 4 is 10.8 Å². The summed E-state index contributed by atoms with van der Waals surface area (Å²) in [6.45, 7) is 0. The van der Waals surface area contributed by atoms with Crippen molar-refractivity contribution in [3.05, 3.63) is 66.4 Å². The van der Waals surface area contributed by atoms with Crippen molar-refractivity contribution in [2.75, 3.05) is 0 Å². The van der Waals surface area contributed by atoms with E-state index in [-0.39, 0.29) is 5.39 Å². The quantitative estimate of drug-likeness (QED) is 0.613. The highest BCUT2D eigenvalue weighted by Crippen LogP contribution is 2.36. The third-order valence-corrected chi connectivity index (χ3v) is 3.16. The van der Waals surface area contributed by atoms with Gasteiger partial charge in [-0.05, 0) is 17.5 Å². The van der Waals surface area contributed by atoms with Crippen LogP contribution in [0.2, 0.25) is 0 Å². The molecule has 0 amide bonds. The SMILES string of the molecule is FC(F)(F)c1cccc2c(-c3ccccc3)nccc12. The van der Waals surface area contributed by atoms with Crippen LogP contribution in [-0.2, 0) is 6.18 Å². The largest absolute Gasteiger partial charge is 0.417 e. The van der Waals surface area contributed by atoms with Crippen molar-refractivity contribution in [3.8, 4) is 11.3 Å². The lowest BCUT2D eigenvalue weighted by Crippen LogP contribution is -2.05. The molecule has 0 radical (unpaired) electrons. The first-order valence-corrected chi connectivity index (χ1v) is 6.08. The van der Waals surface area contributed by atoms with Gasteiger partial charge in [-0.25, -0.2) is 0 Å². The van der Waals surface area contributed by atoms with Gasteiger partial charge in [0.1, 0.15) is 0 Å². The minimum absolute atomic E-state index is 0.175. The fraction of sp³-hybridized carbons (Fsp3) is 0.0625. The summed E-state index contributed by atoms with van der Waals surface area (Å²) in [5.41, 5.74) is 0.737. The van der Waals surface area contributed by atoms with Gasteiger partial charge >= 0.3 is 6.18 Å². The van der Waals surface area contributed by atoms with Gasteiger partial charge < -0.3 is 0 Å². The number of hydrogen-bond donors (Lipinski definition) is 0. The predicted octanol–water partition coefficient (Wildman–Crippen LogP) is 4.92. The van der Waals surface area contributed by atoms with Gasteiger partial charge in [0.2, 0.25) is 0 Å². The predicted molar refractivity (Wildman–Crippen MR) is 72.2 cm³/mol. The van der Waals surface area contributed by atoms with Crippen molar-refractivity contribution in [3.63, 3.8) is 0 Å². The fourth-order valence-electron chi connectivity index (χ4n) is 2.28. The Balaban J connectivity index is 2.32. The second kappa shape index (κ2) is 4.63. The van der Waals surface area contributed by atoms with Crippen molar-refractivity contribution in [2.24, 2.45) is 0 Å². The molecule has 3 aromatic rings. The van der Waals surface area contributed by atoms with Gasteiger partial charge in [-0.3, -0.25) is 4.98 Å². The first-order valence-electron chi connectivity index (χ1n) is 6.08. The molecule has 0 fully saturated rings. The molecule has 0 aliphatic rings. The maximum Gasteiger partial charge on any atom is 0.417 e. The second-order valence-electron chi connectivity index (χ2n) is 4.42. The Kier molecular flexibility index (Phi) is 2.93. The van der Waals surface area contributed by atoms with Crippen molar-refractivity contribution in [1.29, 1.82) is 0 Å². The number of benzene rings is 2. The Morgan fingerprint density at radius 2 is 1.50 bits per heavy atom. The molecule has 0 saturated carbocycles. The zero-order valence-electron chi connectivity index (χ0n) is 10.4. The molecule has 20 heavy (non-hydrogen) atoms. The highest BCUT2D eigenvalue weighted by atomic mass is 19.4. The smallest absolute Gasteiger partial charge is 0.256 e. The van der Waals surface area contributed by atoms with E-state index in [0.717, 1.165) is 11.6 Å². The summed E-state index contributed by atoms with van der Waals surface area (Å²) < 4.78 is 39.1. The Hall–Kier alpha value is -2.36. The molecule has 0 bridgehead atoms. The standard InChI is InChI=1S/C16H10F3N/c17-16(18,19)14-8-4-7-13-12(14)9-10-20-15(13)11-5-2-1-3-6-11/h1-10H. The molecule has 0 aliphatic heterocycles. The Morgan fingerprint density at radius 1 is 0.750 bits per heavy atom. The fourth-order valence-corrected chi connectivity index (χ4v) is 2.28. The number of hydrogen-bond acceptors (Lipinski definition) is 1. The zero-order chi connectivity index (χ0) is 14.2. The van der Waals surface area contributed by atoms with E-state index >= 15 is 0 Å². The van der Waals surface area contributed by atoms with Crippen molar-refractivity contribution < 1.29 is 13.2 Å². The maximum atomic E-state index is 13.0. The molecule has 2 aromatic carbocycles. The average Bonchev–Trinajstić information content (AvgIpc) is 2.46. The van der Waals surface area contributed by atoms with Gasteiger partial charge in [-0.2, -0.15) is 13.2 Å². The Labute approximate surface area is 113 Å². The molecule has 1 aromatic heterocycles. The minimum atomic E-state index is -4.37. The van der Waals surface area contributed by atoms with E-state index in [2.05, 4.69) is 4.98 Å². The first-order chi connectivity index (χ1) is 9.57. The van der Waals surface area contributed by atoms with Crippen LogP contribution in [0.3, 0.4) is 0 Å². The summed E-state index contributed by atoms with van der Waals surface area (Å²) in [7, 11) is 0. The molecule has 4 heteroatoms. The molecule has 0 spiro atoms. The summed E-state index contributed by atoms with van der Waals surface area (Å²) >= 11 is 0. The van der Waals surface area contributed by atoms with Crippen LogP contribution >= 0.6 is 0 Å². The molecule has 3 rings (SSSR count). The summed E-state index contributed by atoms with van der Waals surface area (Å²) in [4.78, 5) is 4.23. The molecule has 0 N–H and O–H groups in total. The van der Waals surface area contributed by atoms with E-state index in [1.165, 1.54) is 18.3 Å². The Bertz CT molecular complexity index is 749. The third-order valence-electron chi connectivity index (χ3n) is 3.16. The molecular formula is C16H10F3N. The summed E-state index contributed by atoms with van der Waals surface area (Å²) in [6, 6.07) is 14.8. The van der Waals surface area contributed by atoms with Crippen LogP contribution in [0.15, 0.2) is 60.8 Å². The van der Waals surface area contributed by atoms with Crippen LogP contribution in [0.1, 0.15) is 5.56 Å². The van der Waals surface area contributed by atoms with E-state index in [1.54, 1.807) is 6.07 Å². The van der Waals surface area contributed by atoms with E-state index < -0.39 is 11.7 Å². The van der Waals surface area contributed by atoms with Gasteiger partial charge in [0.15, 0.2) is 0 Å². The highest BCUT2D eigenvalue weighted by Gasteiger charge is 2.32. The number of pyridine rings is 1. The number of nitrogens with zero attached hydrogens (tertiary/aromatic N) is 1. The van der Waals surface area contributed by atoms with Gasteiger partial charge in [0, 0.05) is 17.1 Å². The van der Waals surface area contributed by atoms with Gasteiger partial charge in [0.05, 0.1) is 11.3 Å². The molecule has 0 unspecified atom stereocenters. The zero-order valence-corrected chi connectivity index (χ0v) is 10.4. The van der Waals surface area contributed by atoms with Crippen molar-refractivity contribution in [1.82, 2.24) is 4.98 Å². The van der Waals surface area contributed by atoms with E-state index in [0.29, 0.717) is 11.1 Å². The molecule has 0 atom stereocenters. The van der Waals surface area contributed by atoms with Crippen LogP contribution in [0.5, 0.6) is 0 Å². The number of fused-ring (bicyclic) bond motifs is 1. The summed E-state index contributed by atoms with van der Waals surface area (Å²) in [6.07, 6.45) is -2.95. The number of rotatable bonds is 1. The molecular weight excluding hydrogens is 263 g/mol. The lowest BCUT2D eigenvalue weighted by atomic mass is 10.0. The summed E-state index contributed by atoms with van der Waals surface area (Å²) in [5, 5.41) is 0.683. The molecule has 1 nitrogen and oxygen atoms in total. The van der Waals surface area contributed by atoms with E-state index in [4.69, 9.17) is 0 Å². The van der Waals surface area contributed by atoms with Gasteiger partial charge in [0.25, 0.3) is 0 Å². The van der Waals surface area contributed by atoms with E-state index in [1.807, 2.05) is 30.3 Å². The minimum Gasteiger partial charge on any atom is -0.256 e. The first kappa shape index (κ1) is 12.7. The summed E-state index contributed by atoms with van der Waals surface area (Å²) in [5.74, 6) is 0. The molecule has 0 saturated heterocycles. The lowest BCUT2D eigenvalue weighted by molar-refractivity contribution is -0.136. The lowest BCUT2D eigenvalue weighted by Gasteiger charge is -2.12. The van der Waals surface area contributed by atoms with Crippen molar-refractivity contribution in [2.45, 2.75) is 6.18 Å². The van der Waals surface area contributed by atoms with Crippen LogP contribution in [0.25, 0.3) is 22.0 Å². The van der Waals surface area contributed by atoms with Crippen LogP contribution in [0, 0.1) is 0 Å². The monoisotopic (exact) mass is 273 g/mol. The molecule has 0 aliphatic carbocycles.